The number of piperidine rings is 1. The summed E-state index contributed by atoms with van der Waals surface area (Å²) in [6, 6.07) is 0. The quantitative estimate of drug-likeness (QED) is 0.573. The predicted molar refractivity (Wildman–Crippen MR) is 82.8 cm³/mol. The van der Waals surface area contributed by atoms with Crippen LogP contribution < -0.4 is 10.5 Å². The minimum Gasteiger partial charge on any atom is -0.369 e. The van der Waals surface area contributed by atoms with E-state index in [1.165, 1.54) is 4.31 Å². The van der Waals surface area contributed by atoms with Gasteiger partial charge in [0.05, 0.1) is 0 Å². The van der Waals surface area contributed by atoms with Crippen molar-refractivity contribution in [2.24, 2.45) is 11.7 Å². The number of carbonyl (C=O) groups is 1. The molecule has 8 heteroatoms. The molecule has 0 aromatic carbocycles. The van der Waals surface area contributed by atoms with Crippen molar-refractivity contribution in [2.45, 2.75) is 33.1 Å². The fourth-order valence-electron chi connectivity index (χ4n) is 2.60. The molecule has 1 amide bonds. The zero-order valence-electron chi connectivity index (χ0n) is 13.0. The van der Waals surface area contributed by atoms with E-state index in [1.807, 2.05) is 13.8 Å². The van der Waals surface area contributed by atoms with Crippen LogP contribution in [0.15, 0.2) is 0 Å². The first-order valence-corrected chi connectivity index (χ1v) is 9.11. The topological polar surface area (TPSA) is 95.7 Å². The molecule has 0 saturated carbocycles. The van der Waals surface area contributed by atoms with Crippen molar-refractivity contribution in [1.82, 2.24) is 13.9 Å². The van der Waals surface area contributed by atoms with Crippen molar-refractivity contribution < 1.29 is 13.2 Å². The summed E-state index contributed by atoms with van der Waals surface area (Å²) in [5.41, 5.74) is 5.30. The molecular weight excluding hydrogens is 292 g/mol. The second-order valence-corrected chi connectivity index (χ2v) is 7.11. The van der Waals surface area contributed by atoms with Crippen LogP contribution in [0.3, 0.4) is 0 Å². The van der Waals surface area contributed by atoms with Gasteiger partial charge in [0, 0.05) is 25.6 Å². The van der Waals surface area contributed by atoms with Crippen molar-refractivity contribution in [3.8, 4) is 0 Å². The first kappa shape index (κ1) is 18.3. The van der Waals surface area contributed by atoms with E-state index in [2.05, 4.69) is 9.62 Å². The largest absolute Gasteiger partial charge is 0.369 e. The van der Waals surface area contributed by atoms with E-state index in [9.17, 15) is 13.2 Å². The second kappa shape index (κ2) is 8.67. The van der Waals surface area contributed by atoms with Crippen LogP contribution in [-0.2, 0) is 15.0 Å². The minimum absolute atomic E-state index is 0.00224. The standard InChI is InChI=1S/C13H28N4O3S/c1-3-17(4-2)21(19,20)15-8-5-9-16-10-6-12(7-11-16)13(14)18/h12,15H,3-11H2,1-2H3,(H2,14,18). The molecule has 1 fully saturated rings. The number of primary amides is 1. The van der Waals surface area contributed by atoms with Gasteiger partial charge in [-0.15, -0.1) is 0 Å². The molecule has 1 aliphatic rings. The normalized spacial score (nSPS) is 18.2. The number of amides is 1. The fourth-order valence-corrected chi connectivity index (χ4v) is 3.86. The number of nitrogens with two attached hydrogens (primary N) is 1. The maximum Gasteiger partial charge on any atom is 0.279 e. The molecule has 1 saturated heterocycles. The van der Waals surface area contributed by atoms with Crippen LogP contribution in [0.5, 0.6) is 0 Å². The Kier molecular flexibility index (Phi) is 7.58. The van der Waals surface area contributed by atoms with Gasteiger partial charge in [-0.25, -0.2) is 4.72 Å². The zero-order valence-corrected chi connectivity index (χ0v) is 13.9. The Morgan fingerprint density at radius 3 is 2.33 bits per heavy atom. The SMILES string of the molecule is CCN(CC)S(=O)(=O)NCCCN1CCC(C(N)=O)CC1. The lowest BCUT2D eigenvalue weighted by Gasteiger charge is -2.30. The molecule has 7 nitrogen and oxygen atoms in total. The lowest BCUT2D eigenvalue weighted by atomic mass is 9.96. The zero-order chi connectivity index (χ0) is 15.9. The summed E-state index contributed by atoms with van der Waals surface area (Å²) in [7, 11) is -3.34. The number of nitrogens with zero attached hydrogens (tertiary/aromatic N) is 2. The third kappa shape index (κ3) is 5.90. The van der Waals surface area contributed by atoms with Crippen LogP contribution in [0, 0.1) is 5.92 Å². The highest BCUT2D eigenvalue weighted by Crippen LogP contribution is 2.16. The number of hydrogen-bond acceptors (Lipinski definition) is 4. The Morgan fingerprint density at radius 1 is 1.29 bits per heavy atom. The molecule has 1 heterocycles. The van der Waals surface area contributed by atoms with E-state index in [1.54, 1.807) is 0 Å². The van der Waals surface area contributed by atoms with Crippen LogP contribution >= 0.6 is 0 Å². The molecule has 3 N–H and O–H groups in total. The summed E-state index contributed by atoms with van der Waals surface area (Å²) in [6.07, 6.45) is 2.38. The molecule has 0 aromatic rings. The molecule has 1 aliphatic heterocycles. The molecule has 1 rings (SSSR count). The van der Waals surface area contributed by atoms with E-state index in [4.69, 9.17) is 5.73 Å². The van der Waals surface area contributed by atoms with E-state index < -0.39 is 10.2 Å². The van der Waals surface area contributed by atoms with Gasteiger partial charge in [0.15, 0.2) is 0 Å². The van der Waals surface area contributed by atoms with E-state index in [0.717, 1.165) is 38.9 Å². The summed E-state index contributed by atoms with van der Waals surface area (Å²) in [6.45, 7) is 7.60. The maximum atomic E-state index is 11.9. The van der Waals surface area contributed by atoms with Crippen LogP contribution in [0.1, 0.15) is 33.1 Å². The third-order valence-corrected chi connectivity index (χ3v) is 5.74. The molecule has 0 atom stereocenters. The Labute approximate surface area is 128 Å². The second-order valence-electron chi connectivity index (χ2n) is 5.36. The summed E-state index contributed by atoms with van der Waals surface area (Å²) in [5, 5.41) is 0. The summed E-state index contributed by atoms with van der Waals surface area (Å²) in [5.74, 6) is -0.205. The minimum atomic E-state index is -3.34. The van der Waals surface area contributed by atoms with E-state index >= 15 is 0 Å². The number of rotatable bonds is 9. The van der Waals surface area contributed by atoms with E-state index in [0.29, 0.717) is 19.6 Å². The van der Waals surface area contributed by atoms with Gasteiger partial charge in [-0.1, -0.05) is 13.8 Å². The number of likely N-dealkylation sites (tertiary alicyclic amines) is 1. The number of hydrogen-bond donors (Lipinski definition) is 2. The van der Waals surface area contributed by atoms with Gasteiger partial charge in [0.1, 0.15) is 0 Å². The van der Waals surface area contributed by atoms with Gasteiger partial charge >= 0.3 is 0 Å². The number of carbonyl (C=O) groups excluding carboxylic acids is 1. The molecule has 0 bridgehead atoms. The Morgan fingerprint density at radius 2 is 1.86 bits per heavy atom. The molecule has 0 spiro atoms. The molecule has 124 valence electrons. The first-order valence-electron chi connectivity index (χ1n) is 7.67. The predicted octanol–water partition coefficient (Wildman–Crippen LogP) is -0.250. The van der Waals surface area contributed by atoms with Crippen LogP contribution in [0.25, 0.3) is 0 Å². The highest BCUT2D eigenvalue weighted by atomic mass is 32.2. The Hall–Kier alpha value is -0.700. The summed E-state index contributed by atoms with van der Waals surface area (Å²) < 4.78 is 27.9. The van der Waals surface area contributed by atoms with Crippen molar-refractivity contribution in [1.29, 1.82) is 0 Å². The summed E-state index contributed by atoms with van der Waals surface area (Å²) >= 11 is 0. The average Bonchev–Trinajstić information content (AvgIpc) is 2.45. The molecule has 0 unspecified atom stereocenters. The van der Waals surface area contributed by atoms with E-state index in [-0.39, 0.29) is 11.8 Å². The van der Waals surface area contributed by atoms with Crippen LogP contribution in [0.4, 0.5) is 0 Å². The maximum absolute atomic E-state index is 11.9. The van der Waals surface area contributed by atoms with Crippen molar-refractivity contribution in [2.75, 3.05) is 39.3 Å². The van der Waals surface area contributed by atoms with Crippen molar-refractivity contribution in [3.63, 3.8) is 0 Å². The molecule has 0 radical (unpaired) electrons. The highest BCUT2D eigenvalue weighted by molar-refractivity contribution is 7.87. The Balaban J connectivity index is 2.22. The number of nitrogens with one attached hydrogen (secondary N) is 1. The Bertz CT molecular complexity index is 415. The molecule has 0 aromatic heterocycles. The molecule has 21 heavy (non-hydrogen) atoms. The van der Waals surface area contributed by atoms with Gasteiger partial charge in [0.2, 0.25) is 5.91 Å². The molecule has 0 aliphatic carbocycles. The van der Waals surface area contributed by atoms with Gasteiger partial charge in [-0.05, 0) is 38.9 Å². The van der Waals surface area contributed by atoms with Gasteiger partial charge in [-0.2, -0.15) is 12.7 Å². The van der Waals surface area contributed by atoms with Gasteiger partial charge in [-0.3, -0.25) is 4.79 Å². The molecular formula is C13H28N4O3S. The lowest BCUT2D eigenvalue weighted by molar-refractivity contribution is -0.123. The van der Waals surface area contributed by atoms with Gasteiger partial charge < -0.3 is 10.6 Å². The van der Waals surface area contributed by atoms with Crippen molar-refractivity contribution >= 4 is 16.1 Å². The lowest BCUT2D eigenvalue weighted by Crippen LogP contribution is -2.42. The average molecular weight is 320 g/mol. The summed E-state index contributed by atoms with van der Waals surface area (Å²) in [4.78, 5) is 13.3. The first-order chi connectivity index (χ1) is 9.90. The van der Waals surface area contributed by atoms with Crippen LogP contribution in [-0.4, -0.2) is 62.8 Å². The highest BCUT2D eigenvalue weighted by Gasteiger charge is 2.23. The fraction of sp³-hybridized carbons (Fsp3) is 0.923. The monoisotopic (exact) mass is 320 g/mol. The smallest absolute Gasteiger partial charge is 0.279 e. The van der Waals surface area contributed by atoms with Crippen LogP contribution in [0.2, 0.25) is 0 Å². The van der Waals surface area contributed by atoms with Crippen molar-refractivity contribution in [3.05, 3.63) is 0 Å². The third-order valence-electron chi connectivity index (χ3n) is 3.97. The van der Waals surface area contributed by atoms with Gasteiger partial charge in [0.25, 0.3) is 10.2 Å².